The van der Waals surface area contributed by atoms with Gasteiger partial charge in [-0.25, -0.2) is 0 Å². The van der Waals surface area contributed by atoms with Crippen LogP contribution in [0.15, 0.2) is 46.9 Å². The minimum absolute atomic E-state index is 0.0644. The molecule has 5 nitrogen and oxygen atoms in total. The van der Waals surface area contributed by atoms with Crippen LogP contribution in [0.1, 0.15) is 25.3 Å². The number of aryl methyl sites for hydroxylation is 1. The Morgan fingerprint density at radius 3 is 2.89 bits per heavy atom. The average molecular weight is 434 g/mol. The highest BCUT2D eigenvalue weighted by atomic mass is 79.9. The van der Waals surface area contributed by atoms with Gasteiger partial charge in [0, 0.05) is 18.4 Å². The Labute approximate surface area is 168 Å². The van der Waals surface area contributed by atoms with Gasteiger partial charge in [0.2, 0.25) is 0 Å². The van der Waals surface area contributed by atoms with Crippen molar-refractivity contribution in [3.05, 3.63) is 52.5 Å². The van der Waals surface area contributed by atoms with E-state index in [1.54, 1.807) is 6.07 Å². The summed E-state index contributed by atoms with van der Waals surface area (Å²) in [5.74, 6) is 1.14. The molecule has 2 aromatic carbocycles. The zero-order valence-electron chi connectivity index (χ0n) is 15.4. The Bertz CT molecular complexity index is 775. The zero-order chi connectivity index (χ0) is 19.1. The molecule has 1 atom stereocenters. The highest BCUT2D eigenvalue weighted by molar-refractivity contribution is 9.10. The van der Waals surface area contributed by atoms with Crippen molar-refractivity contribution in [2.45, 2.75) is 32.3 Å². The molecule has 1 unspecified atom stereocenters. The van der Waals surface area contributed by atoms with Crippen molar-refractivity contribution in [3.63, 3.8) is 0 Å². The molecule has 27 heavy (non-hydrogen) atoms. The summed E-state index contributed by atoms with van der Waals surface area (Å²) in [7, 11) is 0. The fourth-order valence-electron chi connectivity index (χ4n) is 2.85. The molecule has 1 amide bonds. The first kappa shape index (κ1) is 19.7. The lowest BCUT2D eigenvalue weighted by Gasteiger charge is -2.13. The van der Waals surface area contributed by atoms with E-state index < -0.39 is 0 Å². The van der Waals surface area contributed by atoms with Crippen LogP contribution in [0.5, 0.6) is 11.5 Å². The van der Waals surface area contributed by atoms with Crippen LogP contribution in [-0.2, 0) is 16.0 Å². The molecule has 1 N–H and O–H groups in total. The van der Waals surface area contributed by atoms with E-state index in [4.69, 9.17) is 14.2 Å². The highest BCUT2D eigenvalue weighted by Crippen LogP contribution is 2.26. The standard InChI is InChI=1S/C21H24BrNO4/c1-2-15-8-9-20(19(22)11-15)27-14-21(24)23-16-5-3-6-17(12-16)26-13-18-7-4-10-25-18/h3,5-6,8-9,11-12,18H,2,4,7,10,13-14H2,1H3,(H,23,24). The number of benzene rings is 2. The van der Waals surface area contributed by atoms with Gasteiger partial charge in [0.25, 0.3) is 5.91 Å². The number of carbonyl (C=O) groups is 1. The molecule has 0 saturated carbocycles. The summed E-state index contributed by atoms with van der Waals surface area (Å²) >= 11 is 3.48. The molecule has 0 spiro atoms. The molecular formula is C21H24BrNO4. The van der Waals surface area contributed by atoms with Crippen LogP contribution in [0.3, 0.4) is 0 Å². The number of halogens is 1. The highest BCUT2D eigenvalue weighted by Gasteiger charge is 2.16. The number of anilines is 1. The largest absolute Gasteiger partial charge is 0.491 e. The smallest absolute Gasteiger partial charge is 0.262 e. The first-order valence-electron chi connectivity index (χ1n) is 9.19. The minimum atomic E-state index is -0.224. The van der Waals surface area contributed by atoms with Crippen LogP contribution in [0.25, 0.3) is 0 Å². The molecule has 0 aromatic heterocycles. The topological polar surface area (TPSA) is 56.8 Å². The Morgan fingerprint density at radius 1 is 1.26 bits per heavy atom. The first-order chi connectivity index (χ1) is 13.1. The second kappa shape index (κ2) is 9.76. The van der Waals surface area contributed by atoms with Gasteiger partial charge in [-0.2, -0.15) is 0 Å². The van der Waals surface area contributed by atoms with Gasteiger partial charge in [-0.3, -0.25) is 4.79 Å². The molecular weight excluding hydrogens is 410 g/mol. The van der Waals surface area contributed by atoms with Crippen molar-refractivity contribution in [1.82, 2.24) is 0 Å². The number of hydrogen-bond acceptors (Lipinski definition) is 4. The fraction of sp³-hybridized carbons (Fsp3) is 0.381. The Kier molecular flexibility index (Phi) is 7.12. The quantitative estimate of drug-likeness (QED) is 0.661. The van der Waals surface area contributed by atoms with Crippen molar-refractivity contribution in [3.8, 4) is 11.5 Å². The summed E-state index contributed by atoms with van der Waals surface area (Å²) in [5, 5.41) is 2.83. The molecule has 2 aromatic rings. The molecule has 0 aliphatic carbocycles. The fourth-order valence-corrected chi connectivity index (χ4v) is 3.39. The van der Waals surface area contributed by atoms with Gasteiger partial charge in [0.05, 0.1) is 10.6 Å². The van der Waals surface area contributed by atoms with Crippen LogP contribution >= 0.6 is 15.9 Å². The Hall–Kier alpha value is -2.05. The van der Waals surface area contributed by atoms with Gasteiger partial charge in [-0.05, 0) is 65.0 Å². The van der Waals surface area contributed by atoms with Gasteiger partial charge in [0.1, 0.15) is 18.1 Å². The lowest BCUT2D eigenvalue weighted by Crippen LogP contribution is -2.20. The summed E-state index contributed by atoms with van der Waals surface area (Å²) in [5.41, 5.74) is 1.88. The number of hydrogen-bond donors (Lipinski definition) is 1. The number of rotatable bonds is 8. The normalized spacial score (nSPS) is 16.1. The van der Waals surface area contributed by atoms with Gasteiger partial charge in [-0.1, -0.05) is 19.1 Å². The van der Waals surface area contributed by atoms with Crippen LogP contribution in [-0.4, -0.2) is 31.8 Å². The predicted molar refractivity (Wildman–Crippen MR) is 109 cm³/mol. The first-order valence-corrected chi connectivity index (χ1v) is 9.99. The van der Waals surface area contributed by atoms with Gasteiger partial charge >= 0.3 is 0 Å². The Morgan fingerprint density at radius 2 is 2.15 bits per heavy atom. The predicted octanol–water partition coefficient (Wildman–Crippen LogP) is 4.59. The van der Waals surface area contributed by atoms with Crippen molar-refractivity contribution in [2.75, 3.05) is 25.1 Å². The molecule has 0 radical (unpaired) electrons. The Balaban J connectivity index is 1.49. The lowest BCUT2D eigenvalue weighted by molar-refractivity contribution is -0.118. The van der Waals surface area contributed by atoms with Crippen LogP contribution in [0, 0.1) is 0 Å². The van der Waals surface area contributed by atoms with Crippen LogP contribution in [0.2, 0.25) is 0 Å². The molecule has 1 aliphatic rings. The summed E-state index contributed by atoms with van der Waals surface area (Å²) in [6.07, 6.45) is 3.23. The second-order valence-corrected chi connectivity index (χ2v) is 7.28. The van der Waals surface area contributed by atoms with E-state index in [0.717, 1.165) is 30.3 Å². The molecule has 0 bridgehead atoms. The van der Waals surface area contributed by atoms with Crippen molar-refractivity contribution >= 4 is 27.5 Å². The molecule has 1 fully saturated rings. The third kappa shape index (κ3) is 5.97. The third-order valence-electron chi connectivity index (χ3n) is 4.34. The van der Waals surface area contributed by atoms with Gasteiger partial charge in [-0.15, -0.1) is 0 Å². The monoisotopic (exact) mass is 433 g/mol. The molecule has 3 rings (SSSR count). The third-order valence-corrected chi connectivity index (χ3v) is 4.96. The molecule has 1 heterocycles. The number of ether oxygens (including phenoxy) is 3. The van der Waals surface area contributed by atoms with E-state index in [0.29, 0.717) is 23.8 Å². The van der Waals surface area contributed by atoms with Gasteiger partial charge < -0.3 is 19.5 Å². The van der Waals surface area contributed by atoms with Crippen LogP contribution < -0.4 is 14.8 Å². The maximum Gasteiger partial charge on any atom is 0.262 e. The van der Waals surface area contributed by atoms with E-state index in [1.807, 2.05) is 36.4 Å². The molecule has 1 saturated heterocycles. The van der Waals surface area contributed by atoms with Crippen LogP contribution in [0.4, 0.5) is 5.69 Å². The van der Waals surface area contributed by atoms with E-state index in [1.165, 1.54) is 5.56 Å². The van der Waals surface area contributed by atoms with E-state index in [9.17, 15) is 4.79 Å². The van der Waals surface area contributed by atoms with E-state index in [2.05, 4.69) is 28.2 Å². The maximum atomic E-state index is 12.2. The maximum absolute atomic E-state index is 12.2. The molecule has 6 heteroatoms. The summed E-state index contributed by atoms with van der Waals surface area (Å²) in [4.78, 5) is 12.2. The summed E-state index contributed by atoms with van der Waals surface area (Å²) in [6.45, 7) is 3.36. The molecule has 144 valence electrons. The van der Waals surface area contributed by atoms with Crippen molar-refractivity contribution < 1.29 is 19.0 Å². The summed E-state index contributed by atoms with van der Waals surface area (Å²) < 4.78 is 17.8. The zero-order valence-corrected chi connectivity index (χ0v) is 17.0. The number of nitrogens with one attached hydrogen (secondary N) is 1. The SMILES string of the molecule is CCc1ccc(OCC(=O)Nc2cccc(OCC3CCCO3)c2)c(Br)c1. The lowest BCUT2D eigenvalue weighted by atomic mass is 10.2. The summed E-state index contributed by atoms with van der Waals surface area (Å²) in [6, 6.07) is 13.2. The van der Waals surface area contributed by atoms with Crippen molar-refractivity contribution in [2.24, 2.45) is 0 Å². The molecule has 1 aliphatic heterocycles. The average Bonchev–Trinajstić information content (AvgIpc) is 3.19. The van der Waals surface area contributed by atoms with Crippen molar-refractivity contribution in [1.29, 1.82) is 0 Å². The number of carbonyl (C=O) groups excluding carboxylic acids is 1. The van der Waals surface area contributed by atoms with Gasteiger partial charge in [0.15, 0.2) is 6.61 Å². The second-order valence-electron chi connectivity index (χ2n) is 6.43. The van der Waals surface area contributed by atoms with E-state index in [-0.39, 0.29) is 18.6 Å². The number of amides is 1. The minimum Gasteiger partial charge on any atom is -0.491 e. The van der Waals surface area contributed by atoms with E-state index >= 15 is 0 Å².